The van der Waals surface area contributed by atoms with E-state index in [0.717, 1.165) is 24.0 Å². The summed E-state index contributed by atoms with van der Waals surface area (Å²) < 4.78 is 40.6. The number of hydrogen-bond acceptors (Lipinski definition) is 8. The summed E-state index contributed by atoms with van der Waals surface area (Å²) in [4.78, 5) is 30.5. The summed E-state index contributed by atoms with van der Waals surface area (Å²) in [5.41, 5.74) is 5.10. The molecule has 0 saturated carbocycles. The molecular formula is C19H15F3N6O4. The second-order valence-electron chi connectivity index (χ2n) is 6.21. The van der Waals surface area contributed by atoms with Crippen LogP contribution in [0.4, 0.5) is 36.2 Å². The number of amides is 1. The Balaban J connectivity index is 1.72. The number of benzene rings is 2. The highest BCUT2D eigenvalue weighted by atomic mass is 19.4. The van der Waals surface area contributed by atoms with Crippen molar-refractivity contribution in [3.05, 3.63) is 76.6 Å². The van der Waals surface area contributed by atoms with Crippen LogP contribution in [-0.4, -0.2) is 27.2 Å². The normalized spacial score (nSPS) is 10.8. The molecule has 0 bridgehead atoms. The van der Waals surface area contributed by atoms with Gasteiger partial charge in [-0.05, 0) is 29.8 Å². The standard InChI is InChI=1S/C19H15F3N6O4/c20-19(21,22)32-14-8-6-13(7-9-14)25-17-16(28(30)31)18(24-11-23-17)27-26-15(29)10-12-4-2-1-3-5-12/h1-9,11H,10H2,(H,26,29)(H2,23,24,25,27). The number of ether oxygens (including phenoxy) is 1. The molecule has 13 heteroatoms. The van der Waals surface area contributed by atoms with Crippen molar-refractivity contribution in [2.45, 2.75) is 12.8 Å². The molecule has 2 aromatic carbocycles. The molecule has 1 amide bonds. The average molecular weight is 448 g/mol. The maximum Gasteiger partial charge on any atom is 0.573 e. The Morgan fingerprint density at radius 3 is 2.31 bits per heavy atom. The van der Waals surface area contributed by atoms with E-state index in [9.17, 15) is 28.1 Å². The second kappa shape index (κ2) is 9.59. The molecule has 0 fully saturated rings. The highest BCUT2D eigenvalue weighted by molar-refractivity contribution is 5.81. The minimum Gasteiger partial charge on any atom is -0.406 e. The number of carbonyl (C=O) groups excluding carboxylic acids is 1. The first-order chi connectivity index (χ1) is 15.2. The number of rotatable bonds is 8. The topological polar surface area (TPSA) is 131 Å². The maximum absolute atomic E-state index is 12.3. The number of carbonyl (C=O) groups is 1. The molecular weight excluding hydrogens is 433 g/mol. The maximum atomic E-state index is 12.3. The Morgan fingerprint density at radius 1 is 1.03 bits per heavy atom. The van der Waals surface area contributed by atoms with Crippen molar-refractivity contribution in [3.63, 3.8) is 0 Å². The zero-order valence-electron chi connectivity index (χ0n) is 16.1. The molecule has 0 aliphatic rings. The van der Waals surface area contributed by atoms with Gasteiger partial charge >= 0.3 is 12.0 Å². The molecule has 166 valence electrons. The Hall–Kier alpha value is -4.42. The van der Waals surface area contributed by atoms with Crippen LogP contribution in [0.3, 0.4) is 0 Å². The lowest BCUT2D eigenvalue weighted by Crippen LogP contribution is -2.31. The molecule has 0 radical (unpaired) electrons. The van der Waals surface area contributed by atoms with E-state index >= 15 is 0 Å². The number of hydrazine groups is 1. The van der Waals surface area contributed by atoms with Crippen LogP contribution >= 0.6 is 0 Å². The van der Waals surface area contributed by atoms with Crippen LogP contribution in [0.2, 0.25) is 0 Å². The number of halogens is 3. The molecule has 0 aliphatic carbocycles. The van der Waals surface area contributed by atoms with Gasteiger partial charge in [0.1, 0.15) is 12.1 Å². The van der Waals surface area contributed by atoms with Crippen molar-refractivity contribution in [2.24, 2.45) is 0 Å². The predicted octanol–water partition coefficient (Wildman–Crippen LogP) is 3.71. The van der Waals surface area contributed by atoms with E-state index in [4.69, 9.17) is 0 Å². The summed E-state index contributed by atoms with van der Waals surface area (Å²) in [5, 5.41) is 14.2. The zero-order chi connectivity index (χ0) is 23.1. The van der Waals surface area contributed by atoms with E-state index < -0.39 is 28.6 Å². The quantitative estimate of drug-likeness (QED) is 0.351. The van der Waals surface area contributed by atoms with Crippen LogP contribution in [-0.2, 0) is 11.2 Å². The van der Waals surface area contributed by atoms with Crippen LogP contribution in [0.1, 0.15) is 5.56 Å². The van der Waals surface area contributed by atoms with E-state index in [1.807, 2.05) is 0 Å². The van der Waals surface area contributed by atoms with Crippen molar-refractivity contribution in [1.82, 2.24) is 15.4 Å². The number of anilines is 3. The number of nitrogens with one attached hydrogen (secondary N) is 3. The van der Waals surface area contributed by atoms with Crippen molar-refractivity contribution >= 4 is 28.9 Å². The third-order valence-electron chi connectivity index (χ3n) is 3.88. The van der Waals surface area contributed by atoms with Gasteiger partial charge in [0, 0.05) is 5.69 Å². The highest BCUT2D eigenvalue weighted by Gasteiger charge is 2.31. The van der Waals surface area contributed by atoms with Gasteiger partial charge in [-0.25, -0.2) is 9.97 Å². The van der Waals surface area contributed by atoms with Crippen LogP contribution in [0.15, 0.2) is 60.9 Å². The monoisotopic (exact) mass is 448 g/mol. The molecule has 3 N–H and O–H groups in total. The lowest BCUT2D eigenvalue weighted by molar-refractivity contribution is -0.383. The summed E-state index contributed by atoms with van der Waals surface area (Å²) in [6.45, 7) is 0. The summed E-state index contributed by atoms with van der Waals surface area (Å²) >= 11 is 0. The second-order valence-corrected chi connectivity index (χ2v) is 6.21. The Kier molecular flexibility index (Phi) is 6.68. The molecule has 32 heavy (non-hydrogen) atoms. The minimum absolute atomic E-state index is 0.0319. The third-order valence-corrected chi connectivity index (χ3v) is 3.88. The first-order valence-corrected chi connectivity index (χ1v) is 8.92. The van der Waals surface area contributed by atoms with Crippen molar-refractivity contribution in [3.8, 4) is 5.75 Å². The first-order valence-electron chi connectivity index (χ1n) is 8.92. The van der Waals surface area contributed by atoms with Gasteiger partial charge < -0.3 is 10.1 Å². The molecule has 3 rings (SSSR count). The van der Waals surface area contributed by atoms with Gasteiger partial charge in [-0.15, -0.1) is 13.2 Å². The number of nitro groups is 1. The Labute approximate surface area is 178 Å². The predicted molar refractivity (Wildman–Crippen MR) is 107 cm³/mol. The highest BCUT2D eigenvalue weighted by Crippen LogP contribution is 2.31. The van der Waals surface area contributed by atoms with Crippen LogP contribution < -0.4 is 20.9 Å². The Morgan fingerprint density at radius 2 is 1.69 bits per heavy atom. The molecule has 1 aromatic heterocycles. The largest absolute Gasteiger partial charge is 0.573 e. The number of hydrogen-bond donors (Lipinski definition) is 3. The fourth-order valence-corrected chi connectivity index (χ4v) is 2.57. The third kappa shape index (κ3) is 6.29. The average Bonchev–Trinajstić information content (AvgIpc) is 2.73. The zero-order valence-corrected chi connectivity index (χ0v) is 16.1. The molecule has 3 aromatic rings. The summed E-state index contributed by atoms with van der Waals surface area (Å²) in [7, 11) is 0. The minimum atomic E-state index is -4.84. The van der Waals surface area contributed by atoms with Gasteiger partial charge in [0.05, 0.1) is 11.3 Å². The molecule has 10 nitrogen and oxygen atoms in total. The fourth-order valence-electron chi connectivity index (χ4n) is 2.57. The molecule has 1 heterocycles. The van der Waals surface area contributed by atoms with E-state index in [-0.39, 0.29) is 23.7 Å². The van der Waals surface area contributed by atoms with Crippen molar-refractivity contribution < 1.29 is 27.6 Å². The van der Waals surface area contributed by atoms with E-state index in [0.29, 0.717) is 0 Å². The molecule has 0 aliphatic heterocycles. The van der Waals surface area contributed by atoms with Gasteiger partial charge in [0.15, 0.2) is 0 Å². The smallest absolute Gasteiger partial charge is 0.406 e. The van der Waals surface area contributed by atoms with Crippen molar-refractivity contribution in [1.29, 1.82) is 0 Å². The summed E-state index contributed by atoms with van der Waals surface area (Å²) in [6, 6.07) is 13.4. The fraction of sp³-hybridized carbons (Fsp3) is 0.105. The van der Waals surface area contributed by atoms with Crippen LogP contribution in [0, 0.1) is 10.1 Å². The number of alkyl halides is 3. The lowest BCUT2D eigenvalue weighted by atomic mass is 10.1. The van der Waals surface area contributed by atoms with Gasteiger partial charge in [-0.1, -0.05) is 30.3 Å². The van der Waals surface area contributed by atoms with Gasteiger partial charge in [0.2, 0.25) is 17.5 Å². The molecule has 0 saturated heterocycles. The SMILES string of the molecule is O=C(Cc1ccccc1)NNc1ncnc(Nc2ccc(OC(F)(F)F)cc2)c1[N+](=O)[O-]. The van der Waals surface area contributed by atoms with Gasteiger partial charge in [-0.2, -0.15) is 0 Å². The molecule has 0 spiro atoms. The number of aromatic nitrogens is 2. The van der Waals surface area contributed by atoms with Crippen LogP contribution in [0.5, 0.6) is 5.75 Å². The number of nitrogens with zero attached hydrogens (tertiary/aromatic N) is 3. The summed E-state index contributed by atoms with van der Waals surface area (Å²) in [6.07, 6.45) is -3.79. The van der Waals surface area contributed by atoms with E-state index in [2.05, 4.69) is 30.9 Å². The van der Waals surface area contributed by atoms with E-state index in [1.54, 1.807) is 30.3 Å². The summed E-state index contributed by atoms with van der Waals surface area (Å²) in [5.74, 6) is -1.44. The Bertz CT molecular complexity index is 1090. The van der Waals surface area contributed by atoms with E-state index in [1.165, 1.54) is 12.1 Å². The van der Waals surface area contributed by atoms with Gasteiger partial charge in [-0.3, -0.25) is 25.8 Å². The molecule has 0 atom stereocenters. The first kappa shape index (κ1) is 22.3. The lowest BCUT2D eigenvalue weighted by Gasteiger charge is -2.12. The molecule has 0 unspecified atom stereocenters. The van der Waals surface area contributed by atoms with Crippen LogP contribution in [0.25, 0.3) is 0 Å². The van der Waals surface area contributed by atoms with Gasteiger partial charge in [0.25, 0.3) is 0 Å². The van der Waals surface area contributed by atoms with Crippen molar-refractivity contribution in [2.75, 3.05) is 10.7 Å².